The van der Waals surface area contributed by atoms with Crippen LogP contribution in [0.4, 0.5) is 5.82 Å². The van der Waals surface area contributed by atoms with Gasteiger partial charge in [-0.3, -0.25) is 9.59 Å². The van der Waals surface area contributed by atoms with Gasteiger partial charge in [0.15, 0.2) is 5.78 Å². The molecule has 2 heterocycles. The molecule has 160 valence electrons. The highest BCUT2D eigenvalue weighted by Crippen LogP contribution is 2.25. The van der Waals surface area contributed by atoms with E-state index in [1.807, 2.05) is 4.90 Å². The number of hydrogen-bond acceptors (Lipinski definition) is 4. The molecule has 3 aromatic rings. The molecule has 0 spiro atoms. The third-order valence-corrected chi connectivity index (χ3v) is 6.18. The zero-order valence-electron chi connectivity index (χ0n) is 17.9. The van der Waals surface area contributed by atoms with Crippen molar-refractivity contribution in [3.63, 3.8) is 0 Å². The molecular formula is C25H26ClN3O2. The largest absolute Gasteiger partial charge is 0.353 e. The van der Waals surface area contributed by atoms with Gasteiger partial charge in [-0.2, -0.15) is 0 Å². The van der Waals surface area contributed by atoms with Crippen LogP contribution < -0.4 is 4.90 Å². The van der Waals surface area contributed by atoms with Crippen LogP contribution >= 0.6 is 11.6 Å². The molecule has 0 N–H and O–H groups in total. The molecule has 0 saturated carbocycles. The van der Waals surface area contributed by atoms with Crippen LogP contribution in [0.25, 0.3) is 10.9 Å². The summed E-state index contributed by atoms with van der Waals surface area (Å²) in [5, 5.41) is 1.78. The number of fused-ring (bicyclic) bond motifs is 1. The van der Waals surface area contributed by atoms with Crippen LogP contribution in [0.15, 0.2) is 48.5 Å². The molecule has 0 bridgehead atoms. The number of pyridine rings is 1. The molecule has 1 fully saturated rings. The lowest BCUT2D eigenvalue weighted by atomic mass is 10.1. The van der Waals surface area contributed by atoms with Crippen molar-refractivity contribution in [2.24, 2.45) is 0 Å². The van der Waals surface area contributed by atoms with Crippen LogP contribution in [0.3, 0.4) is 0 Å². The fraction of sp³-hybridized carbons (Fsp3) is 0.320. The monoisotopic (exact) mass is 435 g/mol. The Hall–Kier alpha value is -2.92. The van der Waals surface area contributed by atoms with E-state index in [4.69, 9.17) is 16.6 Å². The SMILES string of the molecule is Cc1cc(N2CCN(C(=O)CCC(=O)c3ccc(Cl)cc3)CC2)nc2c(C)cccc12. The molecule has 1 saturated heterocycles. The van der Waals surface area contributed by atoms with Crippen LogP contribution in [0.2, 0.25) is 5.02 Å². The Kier molecular flexibility index (Phi) is 6.23. The first-order valence-corrected chi connectivity index (χ1v) is 11.0. The van der Waals surface area contributed by atoms with Gasteiger partial charge in [0.05, 0.1) is 5.52 Å². The summed E-state index contributed by atoms with van der Waals surface area (Å²) in [5.41, 5.74) is 4.01. The van der Waals surface area contributed by atoms with Gasteiger partial charge in [0.1, 0.15) is 5.82 Å². The molecule has 1 aliphatic rings. The average Bonchev–Trinajstić information content (AvgIpc) is 2.78. The summed E-state index contributed by atoms with van der Waals surface area (Å²) in [7, 11) is 0. The second-order valence-electron chi connectivity index (χ2n) is 8.07. The number of halogens is 1. The van der Waals surface area contributed by atoms with E-state index in [0.717, 1.165) is 24.4 Å². The fourth-order valence-corrected chi connectivity index (χ4v) is 4.18. The van der Waals surface area contributed by atoms with E-state index in [-0.39, 0.29) is 24.5 Å². The zero-order valence-corrected chi connectivity index (χ0v) is 18.7. The lowest BCUT2D eigenvalue weighted by molar-refractivity contribution is -0.131. The average molecular weight is 436 g/mol. The van der Waals surface area contributed by atoms with Crippen LogP contribution in [-0.2, 0) is 4.79 Å². The third-order valence-electron chi connectivity index (χ3n) is 5.92. The number of aryl methyl sites for hydroxylation is 2. The number of nitrogens with zero attached hydrogens (tertiary/aromatic N) is 3. The van der Waals surface area contributed by atoms with Gasteiger partial charge >= 0.3 is 0 Å². The minimum absolute atomic E-state index is 0.0282. The van der Waals surface area contributed by atoms with Crippen molar-refractivity contribution in [3.8, 4) is 0 Å². The fourth-order valence-electron chi connectivity index (χ4n) is 4.05. The van der Waals surface area contributed by atoms with Crippen molar-refractivity contribution in [2.45, 2.75) is 26.7 Å². The zero-order chi connectivity index (χ0) is 22.0. The van der Waals surface area contributed by atoms with E-state index in [2.05, 4.69) is 43.0 Å². The van der Waals surface area contributed by atoms with Crippen molar-refractivity contribution >= 4 is 40.0 Å². The van der Waals surface area contributed by atoms with Gasteiger partial charge in [-0.15, -0.1) is 0 Å². The smallest absolute Gasteiger partial charge is 0.223 e. The van der Waals surface area contributed by atoms with Crippen molar-refractivity contribution in [1.82, 2.24) is 9.88 Å². The highest BCUT2D eigenvalue weighted by molar-refractivity contribution is 6.30. The molecule has 1 aromatic heterocycles. The van der Waals surface area contributed by atoms with Gasteiger partial charge in [-0.25, -0.2) is 4.98 Å². The Morgan fingerprint density at radius 3 is 2.35 bits per heavy atom. The number of benzene rings is 2. The van der Waals surface area contributed by atoms with E-state index in [1.54, 1.807) is 24.3 Å². The Bertz CT molecular complexity index is 1120. The van der Waals surface area contributed by atoms with Gasteiger partial charge in [-0.1, -0.05) is 29.8 Å². The molecule has 0 atom stereocenters. The Labute approximate surface area is 187 Å². The van der Waals surface area contributed by atoms with Crippen molar-refractivity contribution < 1.29 is 9.59 Å². The summed E-state index contributed by atoms with van der Waals surface area (Å²) in [6.45, 7) is 6.95. The molecule has 31 heavy (non-hydrogen) atoms. The number of amides is 1. The van der Waals surface area contributed by atoms with Gasteiger partial charge < -0.3 is 9.80 Å². The maximum Gasteiger partial charge on any atom is 0.223 e. The van der Waals surface area contributed by atoms with Crippen LogP contribution in [0.1, 0.15) is 34.3 Å². The van der Waals surface area contributed by atoms with Gasteiger partial charge in [0, 0.05) is 55.0 Å². The molecule has 5 nitrogen and oxygen atoms in total. The molecule has 0 radical (unpaired) electrons. The summed E-state index contributed by atoms with van der Waals surface area (Å²) in [4.78, 5) is 33.9. The number of anilines is 1. The van der Waals surface area contributed by atoms with Crippen LogP contribution in [-0.4, -0.2) is 47.8 Å². The number of Topliss-reactive ketones (excluding diaryl/α,β-unsaturated/α-hetero) is 1. The molecule has 0 unspecified atom stereocenters. The predicted octanol–water partition coefficient (Wildman–Crippen LogP) is 4.82. The second kappa shape index (κ2) is 9.06. The number of carbonyl (C=O) groups excluding carboxylic acids is 2. The predicted molar refractivity (Wildman–Crippen MR) is 125 cm³/mol. The van der Waals surface area contributed by atoms with E-state index in [1.165, 1.54) is 16.5 Å². The van der Waals surface area contributed by atoms with Gasteiger partial charge in [0.25, 0.3) is 0 Å². The van der Waals surface area contributed by atoms with Crippen LogP contribution in [0, 0.1) is 13.8 Å². The maximum absolute atomic E-state index is 12.6. The minimum Gasteiger partial charge on any atom is -0.353 e. The standard InChI is InChI=1S/C25H26ClN3O2/c1-17-4-3-5-21-18(2)16-23(27-25(17)21)28-12-14-29(15-13-28)24(31)11-10-22(30)19-6-8-20(26)9-7-19/h3-9,16H,10-15H2,1-2H3. The highest BCUT2D eigenvalue weighted by Gasteiger charge is 2.23. The van der Waals surface area contributed by atoms with Gasteiger partial charge in [0.2, 0.25) is 5.91 Å². The molecule has 0 aliphatic carbocycles. The van der Waals surface area contributed by atoms with E-state index < -0.39 is 0 Å². The summed E-state index contributed by atoms with van der Waals surface area (Å²) >= 11 is 5.87. The number of piperazine rings is 1. The van der Waals surface area contributed by atoms with E-state index >= 15 is 0 Å². The van der Waals surface area contributed by atoms with Crippen molar-refractivity contribution in [3.05, 3.63) is 70.2 Å². The maximum atomic E-state index is 12.6. The Morgan fingerprint density at radius 2 is 1.65 bits per heavy atom. The number of carbonyl (C=O) groups is 2. The first kappa shape index (κ1) is 21.3. The number of para-hydroxylation sites is 1. The second-order valence-corrected chi connectivity index (χ2v) is 8.50. The summed E-state index contributed by atoms with van der Waals surface area (Å²) < 4.78 is 0. The molecule has 2 aromatic carbocycles. The molecule has 6 heteroatoms. The Morgan fingerprint density at radius 1 is 0.935 bits per heavy atom. The lowest BCUT2D eigenvalue weighted by Gasteiger charge is -2.35. The Balaban J connectivity index is 1.34. The topological polar surface area (TPSA) is 53.5 Å². The quantitative estimate of drug-likeness (QED) is 0.539. The summed E-state index contributed by atoms with van der Waals surface area (Å²) in [6, 6.07) is 15.2. The number of ketones is 1. The van der Waals surface area contributed by atoms with Crippen LogP contribution in [0.5, 0.6) is 0 Å². The molecule has 4 rings (SSSR count). The minimum atomic E-state index is -0.0325. The van der Waals surface area contributed by atoms with Gasteiger partial charge in [-0.05, 0) is 55.3 Å². The molecule has 1 aliphatic heterocycles. The molecule has 1 amide bonds. The summed E-state index contributed by atoms with van der Waals surface area (Å²) in [6.07, 6.45) is 0.444. The lowest BCUT2D eigenvalue weighted by Crippen LogP contribution is -2.49. The van der Waals surface area contributed by atoms with Crippen molar-refractivity contribution in [1.29, 1.82) is 0 Å². The normalized spacial score (nSPS) is 14.2. The first-order valence-electron chi connectivity index (χ1n) is 10.6. The number of aromatic nitrogens is 1. The number of hydrogen-bond donors (Lipinski definition) is 0. The number of rotatable bonds is 5. The summed E-state index contributed by atoms with van der Waals surface area (Å²) in [5.74, 6) is 0.958. The third kappa shape index (κ3) is 4.72. The van der Waals surface area contributed by atoms with Crippen molar-refractivity contribution in [2.75, 3.05) is 31.1 Å². The highest BCUT2D eigenvalue weighted by atomic mass is 35.5. The van der Waals surface area contributed by atoms with E-state index in [0.29, 0.717) is 23.7 Å². The van der Waals surface area contributed by atoms with E-state index in [9.17, 15) is 9.59 Å². The molecular weight excluding hydrogens is 410 g/mol. The first-order chi connectivity index (χ1) is 14.9.